The summed E-state index contributed by atoms with van der Waals surface area (Å²) in [5.74, 6) is -3.78. The molecule has 2 fully saturated rings. The van der Waals surface area contributed by atoms with Gasteiger partial charge in [-0.2, -0.15) is 0 Å². The highest BCUT2D eigenvalue weighted by Gasteiger charge is 2.82. The molecule has 2 amide bonds. The van der Waals surface area contributed by atoms with E-state index in [1.54, 1.807) is 32.0 Å². The van der Waals surface area contributed by atoms with E-state index in [0.29, 0.717) is 11.1 Å². The van der Waals surface area contributed by atoms with Crippen LogP contribution in [-0.4, -0.2) is 29.7 Å². The van der Waals surface area contributed by atoms with Crippen LogP contribution in [0.15, 0.2) is 146 Å². The second-order valence-corrected chi connectivity index (χ2v) is 13.1. The Morgan fingerprint density at radius 2 is 1.02 bits per heavy atom. The molecule has 6 nitrogen and oxygen atoms in total. The monoisotopic (exact) mass is 643 g/mol. The zero-order valence-corrected chi connectivity index (χ0v) is 27.1. The van der Waals surface area contributed by atoms with Gasteiger partial charge in [-0.1, -0.05) is 127 Å². The molecule has 4 atom stereocenters. The Hall–Kier alpha value is -5.88. The third-order valence-electron chi connectivity index (χ3n) is 10.3. The normalized spacial score (nSPS) is 24.1. The largest absolute Gasteiger partial charge is 0.459 e. The quantitative estimate of drug-likeness (QED) is 0.136. The fourth-order valence-electron chi connectivity index (χ4n) is 8.64. The van der Waals surface area contributed by atoms with E-state index in [0.717, 1.165) is 22.3 Å². The zero-order valence-electron chi connectivity index (χ0n) is 27.1. The van der Waals surface area contributed by atoms with Crippen LogP contribution in [0, 0.1) is 11.8 Å². The first-order chi connectivity index (χ1) is 23.8. The van der Waals surface area contributed by atoms with Crippen molar-refractivity contribution in [3.05, 3.63) is 173 Å². The number of carbonyl (C=O) groups is 4. The lowest BCUT2D eigenvalue weighted by atomic mass is 9.59. The summed E-state index contributed by atoms with van der Waals surface area (Å²) in [7, 11) is 0. The van der Waals surface area contributed by atoms with Crippen LogP contribution in [-0.2, 0) is 30.0 Å². The van der Waals surface area contributed by atoms with Gasteiger partial charge in [0.2, 0.25) is 11.8 Å². The molecule has 240 valence electrons. The van der Waals surface area contributed by atoms with E-state index in [-0.39, 0.29) is 23.1 Å². The van der Waals surface area contributed by atoms with Gasteiger partial charge in [0, 0.05) is 0 Å². The van der Waals surface area contributed by atoms with Gasteiger partial charge in [-0.3, -0.25) is 14.4 Å². The van der Waals surface area contributed by atoms with E-state index >= 15 is 14.4 Å². The molecule has 3 aliphatic rings. The Morgan fingerprint density at radius 3 is 1.45 bits per heavy atom. The molecule has 49 heavy (non-hydrogen) atoms. The molecule has 0 spiro atoms. The van der Waals surface area contributed by atoms with Gasteiger partial charge in [-0.15, -0.1) is 0 Å². The fourth-order valence-corrected chi connectivity index (χ4v) is 8.64. The summed E-state index contributed by atoms with van der Waals surface area (Å²) in [6.07, 6.45) is -0.345. The topological polar surface area (TPSA) is 80.8 Å². The first kappa shape index (κ1) is 30.5. The number of hydrogen-bond donors (Lipinski definition) is 0. The number of nitrogens with zero attached hydrogens (tertiary/aromatic N) is 1. The number of hydrogen-bond acceptors (Lipinski definition) is 5. The Balaban J connectivity index is 1.47. The van der Waals surface area contributed by atoms with Crippen molar-refractivity contribution in [2.45, 2.75) is 30.8 Å². The molecule has 5 aromatic carbocycles. The number of esters is 1. The Bertz CT molecular complexity index is 2040. The number of anilines is 1. The summed E-state index contributed by atoms with van der Waals surface area (Å²) in [6.45, 7) is 3.52. The summed E-state index contributed by atoms with van der Waals surface area (Å²) in [5.41, 5.74) is 1.92. The van der Waals surface area contributed by atoms with Crippen molar-refractivity contribution >= 4 is 40.4 Å². The third-order valence-corrected chi connectivity index (χ3v) is 10.3. The lowest BCUT2D eigenvalue weighted by Crippen LogP contribution is -2.45. The van der Waals surface area contributed by atoms with Gasteiger partial charge in [0.05, 0.1) is 40.0 Å². The smallest absolute Gasteiger partial charge is 0.338 e. The minimum Gasteiger partial charge on any atom is -0.459 e. The molecule has 2 aliphatic carbocycles. The Morgan fingerprint density at radius 1 is 0.592 bits per heavy atom. The Labute approximate surface area is 284 Å². The summed E-state index contributed by atoms with van der Waals surface area (Å²) in [4.78, 5) is 60.4. The molecule has 2 bridgehead atoms. The van der Waals surface area contributed by atoms with Crippen molar-refractivity contribution in [2.24, 2.45) is 11.8 Å². The highest BCUT2D eigenvalue weighted by molar-refractivity contribution is 6.39. The SMILES string of the molecule is CC(C)OC(=O)c1cccc(N2C(=O)[C@H]3[C@H](C2=O)[C@@]2(c4ccccc4)C(=O)[C@@]3(c3ccccc3)C(c3ccccc3)=C2c2ccccc2)c1. The molecular weight excluding hydrogens is 610 g/mol. The first-order valence-corrected chi connectivity index (χ1v) is 16.5. The predicted octanol–water partition coefficient (Wildman–Crippen LogP) is 7.44. The van der Waals surface area contributed by atoms with Gasteiger partial charge < -0.3 is 4.74 Å². The second-order valence-electron chi connectivity index (χ2n) is 13.1. The van der Waals surface area contributed by atoms with Crippen molar-refractivity contribution in [1.29, 1.82) is 0 Å². The van der Waals surface area contributed by atoms with Gasteiger partial charge >= 0.3 is 5.97 Å². The molecule has 1 saturated heterocycles. The number of amides is 2. The highest BCUT2D eigenvalue weighted by atomic mass is 16.5. The van der Waals surface area contributed by atoms with Crippen LogP contribution in [0.2, 0.25) is 0 Å². The lowest BCUT2D eigenvalue weighted by molar-refractivity contribution is -0.130. The van der Waals surface area contributed by atoms with Crippen molar-refractivity contribution < 1.29 is 23.9 Å². The number of rotatable bonds is 7. The summed E-state index contributed by atoms with van der Waals surface area (Å²) < 4.78 is 5.44. The van der Waals surface area contributed by atoms with Gasteiger partial charge in [-0.25, -0.2) is 9.69 Å². The van der Waals surface area contributed by atoms with Crippen LogP contribution < -0.4 is 4.90 Å². The summed E-state index contributed by atoms with van der Waals surface area (Å²) >= 11 is 0. The molecular formula is C43H33NO5. The average Bonchev–Trinajstić information content (AvgIpc) is 3.65. The summed E-state index contributed by atoms with van der Waals surface area (Å²) in [6, 6.07) is 44.8. The average molecular weight is 644 g/mol. The van der Waals surface area contributed by atoms with E-state index in [9.17, 15) is 4.79 Å². The van der Waals surface area contributed by atoms with Gasteiger partial charge in [0.1, 0.15) is 0 Å². The highest BCUT2D eigenvalue weighted by Crippen LogP contribution is 2.74. The molecule has 0 unspecified atom stereocenters. The molecule has 1 aliphatic heterocycles. The minimum atomic E-state index is -1.50. The lowest BCUT2D eigenvalue weighted by Gasteiger charge is -2.39. The fraction of sp³-hybridized carbons (Fsp3) is 0.163. The standard InChI is InChI=1S/C43H33NO5/c1-27(2)49-40(47)30-20-15-25-33(26-30)44-38(45)36-37(39(44)46)43(32-23-13-6-14-24-32)35(29-18-9-4-10-19-29)34(28-16-7-3-8-17-28)42(36,41(43)48)31-21-11-5-12-22-31/h3-27,36-37H,1-2H3/t36-,37-,42+,43+/m1/s1. The number of benzene rings is 5. The van der Waals surface area contributed by atoms with E-state index < -0.39 is 40.4 Å². The second kappa shape index (κ2) is 11.4. The van der Waals surface area contributed by atoms with Crippen LogP contribution in [0.5, 0.6) is 0 Å². The van der Waals surface area contributed by atoms with E-state index in [1.807, 2.05) is 121 Å². The van der Waals surface area contributed by atoms with Crippen LogP contribution in [0.3, 0.4) is 0 Å². The minimum absolute atomic E-state index is 0.180. The Kier molecular flexibility index (Phi) is 7.07. The van der Waals surface area contributed by atoms with Crippen molar-refractivity contribution in [3.8, 4) is 0 Å². The number of fused-ring (bicyclic) bond motifs is 5. The first-order valence-electron chi connectivity index (χ1n) is 16.5. The number of ether oxygens (including phenoxy) is 1. The predicted molar refractivity (Wildman–Crippen MR) is 187 cm³/mol. The van der Waals surface area contributed by atoms with Crippen LogP contribution in [0.1, 0.15) is 46.5 Å². The van der Waals surface area contributed by atoms with Gasteiger partial charge in [0.25, 0.3) is 0 Å². The number of allylic oxidation sites excluding steroid dienone is 2. The third kappa shape index (κ3) is 4.13. The van der Waals surface area contributed by atoms with Gasteiger partial charge in [-0.05, 0) is 65.4 Å². The molecule has 0 aromatic heterocycles. The van der Waals surface area contributed by atoms with Gasteiger partial charge in [0.15, 0.2) is 5.78 Å². The van der Waals surface area contributed by atoms with Crippen LogP contribution in [0.25, 0.3) is 11.1 Å². The molecule has 0 N–H and O–H groups in total. The number of ketones is 1. The summed E-state index contributed by atoms with van der Waals surface area (Å²) in [5, 5.41) is 0. The van der Waals surface area contributed by atoms with Crippen LogP contribution in [0.4, 0.5) is 5.69 Å². The number of carbonyl (C=O) groups excluding carboxylic acids is 4. The maximum atomic E-state index is 15.9. The zero-order chi connectivity index (χ0) is 33.9. The molecule has 0 radical (unpaired) electrons. The number of Topliss-reactive ketones (excluding diaryl/α,β-unsaturated/α-hetero) is 1. The van der Waals surface area contributed by atoms with E-state index in [4.69, 9.17) is 4.74 Å². The van der Waals surface area contributed by atoms with E-state index in [1.165, 1.54) is 11.0 Å². The molecule has 1 saturated carbocycles. The van der Waals surface area contributed by atoms with Crippen LogP contribution >= 0.6 is 0 Å². The van der Waals surface area contributed by atoms with Crippen molar-refractivity contribution in [1.82, 2.24) is 0 Å². The molecule has 8 rings (SSSR count). The molecule has 6 heteroatoms. The molecule has 5 aromatic rings. The maximum Gasteiger partial charge on any atom is 0.338 e. The van der Waals surface area contributed by atoms with E-state index in [2.05, 4.69) is 0 Å². The number of imide groups is 1. The maximum absolute atomic E-state index is 15.9. The molecule has 1 heterocycles. The van der Waals surface area contributed by atoms with Crippen molar-refractivity contribution in [2.75, 3.05) is 4.90 Å². The van der Waals surface area contributed by atoms with Crippen molar-refractivity contribution in [3.63, 3.8) is 0 Å².